The molecule has 4 heteroatoms. The number of benzene rings is 7. The van der Waals surface area contributed by atoms with E-state index < -0.39 is 7.14 Å². The first-order valence-corrected chi connectivity index (χ1v) is 19.6. The third-order valence-corrected chi connectivity index (χ3v) is 13.9. The maximum atomic E-state index is 15.0. The predicted molar refractivity (Wildman–Crippen MR) is 218 cm³/mol. The number of hydrogen-bond acceptors (Lipinski definition) is 3. The Morgan fingerprint density at radius 3 is 1.47 bits per heavy atom. The molecule has 9 rings (SSSR count). The van der Waals surface area contributed by atoms with Gasteiger partial charge in [-0.2, -0.15) is 0 Å². The number of nitrogens with zero attached hydrogens (tertiary/aromatic N) is 1. The van der Waals surface area contributed by atoms with Crippen LogP contribution in [-0.4, -0.2) is 4.98 Å². The highest BCUT2D eigenvalue weighted by Crippen LogP contribution is 2.50. The fourth-order valence-corrected chi connectivity index (χ4v) is 11.1. The van der Waals surface area contributed by atoms with Gasteiger partial charge in [-0.25, -0.2) is 4.98 Å². The lowest BCUT2D eigenvalue weighted by molar-refractivity contribution is 0.592. The summed E-state index contributed by atoms with van der Waals surface area (Å²) in [5.41, 5.74) is 8.74. The molecule has 0 spiro atoms. The van der Waals surface area contributed by atoms with Crippen molar-refractivity contribution in [3.8, 4) is 44.0 Å². The summed E-state index contributed by atoms with van der Waals surface area (Å²) in [6.45, 7) is 0. The molecule has 2 aromatic heterocycles. The van der Waals surface area contributed by atoms with E-state index in [9.17, 15) is 4.57 Å². The molecule has 0 aliphatic rings. The van der Waals surface area contributed by atoms with E-state index in [0.717, 1.165) is 49.2 Å². The van der Waals surface area contributed by atoms with Crippen LogP contribution in [0, 0.1) is 0 Å². The van der Waals surface area contributed by atoms with Gasteiger partial charge in [-0.15, -0.1) is 11.3 Å². The normalized spacial score (nSPS) is 11.6. The van der Waals surface area contributed by atoms with Crippen LogP contribution in [0.1, 0.15) is 0 Å². The number of thiophene rings is 1. The summed E-state index contributed by atoms with van der Waals surface area (Å²) in [7, 11) is -3.06. The molecule has 0 unspecified atom stereocenters. The Hall–Kier alpha value is -5.86. The molecule has 0 saturated heterocycles. The Morgan fingerprint density at radius 1 is 0.431 bits per heavy atom. The lowest BCUT2D eigenvalue weighted by Crippen LogP contribution is -2.24. The monoisotopic (exact) mass is 689 g/mol. The van der Waals surface area contributed by atoms with E-state index in [1.807, 2.05) is 84.1 Å². The molecule has 0 fully saturated rings. The van der Waals surface area contributed by atoms with Crippen LogP contribution < -0.4 is 15.9 Å². The third kappa shape index (κ3) is 5.52. The maximum absolute atomic E-state index is 15.0. The van der Waals surface area contributed by atoms with Crippen LogP contribution in [0.15, 0.2) is 194 Å². The molecular weight excluding hydrogens is 658 g/mol. The van der Waals surface area contributed by atoms with E-state index in [4.69, 9.17) is 4.98 Å². The molecule has 0 aliphatic carbocycles. The van der Waals surface area contributed by atoms with Crippen molar-refractivity contribution in [2.75, 3.05) is 0 Å². The smallest absolute Gasteiger partial charge is 0.171 e. The minimum absolute atomic E-state index is 0.816. The lowest BCUT2D eigenvalue weighted by atomic mass is 9.94. The number of aromatic nitrogens is 1. The standard InChI is InChI=1S/C47H32NOPS/c49-50(38-22-12-4-13-23-38,39-24-14-5-15-25-39)40-29-26-33(27-30-40)37-28-31-41-42(32-37)48-45(35-18-8-2-9-19-35)44-43(34-16-6-1-7-17-34)46(51-47(41)44)36-20-10-3-11-21-36/h1-32H. The van der Waals surface area contributed by atoms with Gasteiger partial charge in [0.25, 0.3) is 0 Å². The van der Waals surface area contributed by atoms with Crippen LogP contribution in [0.4, 0.5) is 0 Å². The van der Waals surface area contributed by atoms with Crippen LogP contribution in [0.5, 0.6) is 0 Å². The molecule has 2 heterocycles. The van der Waals surface area contributed by atoms with Crippen molar-refractivity contribution < 1.29 is 4.57 Å². The minimum atomic E-state index is -3.06. The van der Waals surface area contributed by atoms with Crippen LogP contribution in [0.25, 0.3) is 64.9 Å². The molecule has 0 bridgehead atoms. The summed E-state index contributed by atoms with van der Waals surface area (Å²) >= 11 is 1.84. The minimum Gasteiger partial charge on any atom is -0.309 e. The predicted octanol–water partition coefficient (Wildman–Crippen LogP) is 11.8. The molecule has 9 aromatic rings. The van der Waals surface area contributed by atoms with Gasteiger partial charge in [0.2, 0.25) is 0 Å². The molecule has 0 atom stereocenters. The number of hydrogen-bond donors (Lipinski definition) is 0. The van der Waals surface area contributed by atoms with Crippen molar-refractivity contribution >= 4 is 55.4 Å². The molecule has 0 aliphatic heterocycles. The van der Waals surface area contributed by atoms with E-state index in [1.165, 1.54) is 31.7 Å². The van der Waals surface area contributed by atoms with Crippen molar-refractivity contribution in [2.45, 2.75) is 0 Å². The highest BCUT2D eigenvalue weighted by molar-refractivity contribution is 7.85. The summed E-state index contributed by atoms with van der Waals surface area (Å²) < 4.78 is 16.2. The second kappa shape index (κ2) is 13.1. The molecule has 0 radical (unpaired) electrons. The van der Waals surface area contributed by atoms with E-state index >= 15 is 0 Å². The highest BCUT2D eigenvalue weighted by Gasteiger charge is 2.29. The van der Waals surface area contributed by atoms with Gasteiger partial charge in [-0.05, 0) is 28.3 Å². The van der Waals surface area contributed by atoms with Crippen molar-refractivity contribution in [2.24, 2.45) is 0 Å². The quantitative estimate of drug-likeness (QED) is 0.156. The molecule has 51 heavy (non-hydrogen) atoms. The zero-order valence-corrected chi connectivity index (χ0v) is 29.4. The van der Waals surface area contributed by atoms with Crippen LogP contribution in [-0.2, 0) is 4.57 Å². The van der Waals surface area contributed by atoms with E-state index in [-0.39, 0.29) is 0 Å². The molecule has 242 valence electrons. The van der Waals surface area contributed by atoms with E-state index in [0.29, 0.717) is 0 Å². The summed E-state index contributed by atoms with van der Waals surface area (Å²) in [6, 6.07) is 66.5. The molecule has 0 saturated carbocycles. The van der Waals surface area contributed by atoms with E-state index in [2.05, 4.69) is 121 Å². The van der Waals surface area contributed by atoms with Gasteiger partial charge in [0.1, 0.15) is 0 Å². The summed E-state index contributed by atoms with van der Waals surface area (Å²) in [6.07, 6.45) is 0. The molecule has 0 N–H and O–H groups in total. The number of rotatable bonds is 7. The van der Waals surface area contributed by atoms with Gasteiger partial charge >= 0.3 is 0 Å². The Bertz CT molecular complexity index is 2630. The second-order valence-electron chi connectivity index (χ2n) is 12.6. The second-order valence-corrected chi connectivity index (χ2v) is 16.4. The van der Waals surface area contributed by atoms with Crippen LogP contribution in [0.2, 0.25) is 0 Å². The SMILES string of the molecule is O=P(c1ccccc1)(c1ccccc1)c1ccc(-c2ccc3c(c2)nc(-c2ccccc2)c2c(-c4ccccc4)c(-c4ccccc4)sc23)cc1. The van der Waals surface area contributed by atoms with Gasteiger partial charge in [0, 0.05) is 47.4 Å². The van der Waals surface area contributed by atoms with Crippen LogP contribution >= 0.6 is 18.5 Å². The van der Waals surface area contributed by atoms with Crippen LogP contribution in [0.3, 0.4) is 0 Å². The van der Waals surface area contributed by atoms with E-state index in [1.54, 1.807) is 0 Å². The molecule has 0 amide bonds. The Balaban J connectivity index is 1.23. The van der Waals surface area contributed by atoms with Gasteiger partial charge < -0.3 is 4.57 Å². The van der Waals surface area contributed by atoms with Crippen molar-refractivity contribution in [1.82, 2.24) is 4.98 Å². The number of pyridine rings is 1. The Labute approximate surface area is 301 Å². The Kier molecular flexibility index (Phi) is 8.01. The van der Waals surface area contributed by atoms with Gasteiger partial charge in [0.05, 0.1) is 11.2 Å². The average Bonchev–Trinajstić information content (AvgIpc) is 3.63. The summed E-state index contributed by atoms with van der Waals surface area (Å²) in [5.74, 6) is 0. The van der Waals surface area contributed by atoms with Gasteiger partial charge in [-0.1, -0.05) is 188 Å². The first kappa shape index (κ1) is 31.1. The molecule has 7 aromatic carbocycles. The number of fused-ring (bicyclic) bond motifs is 3. The highest BCUT2D eigenvalue weighted by atomic mass is 32.1. The van der Waals surface area contributed by atoms with Crippen molar-refractivity contribution in [3.05, 3.63) is 194 Å². The largest absolute Gasteiger partial charge is 0.309 e. The average molecular weight is 690 g/mol. The lowest BCUT2D eigenvalue weighted by Gasteiger charge is -2.20. The summed E-state index contributed by atoms with van der Waals surface area (Å²) in [5, 5.41) is 4.79. The fraction of sp³-hybridized carbons (Fsp3) is 0. The summed E-state index contributed by atoms with van der Waals surface area (Å²) in [4.78, 5) is 6.69. The fourth-order valence-electron chi connectivity index (χ4n) is 7.08. The zero-order valence-electron chi connectivity index (χ0n) is 27.7. The molecular formula is C47H32NOPS. The first-order valence-electron chi connectivity index (χ1n) is 17.1. The van der Waals surface area contributed by atoms with Crippen molar-refractivity contribution in [3.63, 3.8) is 0 Å². The zero-order chi connectivity index (χ0) is 34.2. The third-order valence-electron chi connectivity index (χ3n) is 9.57. The first-order chi connectivity index (χ1) is 25.2. The van der Waals surface area contributed by atoms with Gasteiger partial charge in [0.15, 0.2) is 7.14 Å². The topological polar surface area (TPSA) is 30.0 Å². The molecule has 2 nitrogen and oxygen atoms in total. The van der Waals surface area contributed by atoms with Gasteiger partial charge in [-0.3, -0.25) is 0 Å². The maximum Gasteiger partial charge on any atom is 0.171 e. The van der Waals surface area contributed by atoms with Crippen molar-refractivity contribution in [1.29, 1.82) is 0 Å². The Morgan fingerprint density at radius 2 is 0.902 bits per heavy atom.